The van der Waals surface area contributed by atoms with Gasteiger partial charge in [-0.15, -0.1) is 0 Å². The lowest BCUT2D eigenvalue weighted by Gasteiger charge is -2.34. The molecule has 0 aliphatic carbocycles. The highest BCUT2D eigenvalue weighted by Crippen LogP contribution is 2.31. The van der Waals surface area contributed by atoms with Crippen LogP contribution >= 0.6 is 34.8 Å². The highest BCUT2D eigenvalue weighted by molar-refractivity contribution is 7.92. The second-order valence-electron chi connectivity index (χ2n) is 9.54. The third-order valence-electron chi connectivity index (χ3n) is 6.37. The number of carbonyl (C=O) groups is 2. The van der Waals surface area contributed by atoms with Crippen LogP contribution in [0.4, 0.5) is 5.69 Å². The summed E-state index contributed by atoms with van der Waals surface area (Å²) in [5.41, 5.74) is 1.63. The van der Waals surface area contributed by atoms with Crippen LogP contribution in [-0.2, 0) is 32.6 Å². The number of sulfonamides is 1. The number of rotatable bonds is 12. The van der Waals surface area contributed by atoms with E-state index in [2.05, 4.69) is 5.32 Å². The summed E-state index contributed by atoms with van der Waals surface area (Å²) in [6.07, 6.45) is 1.91. The van der Waals surface area contributed by atoms with Crippen LogP contribution in [0.2, 0.25) is 15.1 Å². The molecule has 0 fully saturated rings. The first-order chi connectivity index (χ1) is 18.9. The quantitative estimate of drug-likeness (QED) is 0.269. The summed E-state index contributed by atoms with van der Waals surface area (Å²) < 4.78 is 26.7. The topological polar surface area (TPSA) is 86.8 Å². The zero-order valence-corrected chi connectivity index (χ0v) is 25.6. The summed E-state index contributed by atoms with van der Waals surface area (Å²) in [4.78, 5) is 29.1. The molecule has 3 rings (SSSR count). The lowest BCUT2D eigenvalue weighted by Crippen LogP contribution is -2.54. The van der Waals surface area contributed by atoms with Crippen LogP contribution in [0.5, 0.6) is 0 Å². The molecule has 0 saturated heterocycles. The number of benzene rings is 3. The molecule has 2 atom stereocenters. The Labute approximate surface area is 251 Å². The number of nitrogens with one attached hydrogen (secondary N) is 1. The first-order valence-electron chi connectivity index (χ1n) is 12.7. The second kappa shape index (κ2) is 14.2. The molecule has 0 aliphatic heterocycles. The Hall–Kier alpha value is -2.78. The molecule has 40 heavy (non-hydrogen) atoms. The summed E-state index contributed by atoms with van der Waals surface area (Å²) in [6.45, 7) is 3.28. The Morgan fingerprint density at radius 1 is 0.900 bits per heavy atom. The van der Waals surface area contributed by atoms with Crippen molar-refractivity contribution in [2.75, 3.05) is 17.1 Å². The first-order valence-corrected chi connectivity index (χ1v) is 15.7. The van der Waals surface area contributed by atoms with Gasteiger partial charge in [0.05, 0.1) is 17.0 Å². The molecule has 0 heterocycles. The van der Waals surface area contributed by atoms with Crippen molar-refractivity contribution in [3.8, 4) is 0 Å². The van der Waals surface area contributed by atoms with E-state index >= 15 is 0 Å². The third kappa shape index (κ3) is 8.86. The van der Waals surface area contributed by atoms with Crippen LogP contribution in [0.25, 0.3) is 0 Å². The van der Waals surface area contributed by atoms with E-state index < -0.39 is 28.5 Å². The Morgan fingerprint density at radius 3 is 2.15 bits per heavy atom. The van der Waals surface area contributed by atoms with Gasteiger partial charge in [-0.1, -0.05) is 84.2 Å². The van der Waals surface area contributed by atoms with Crippen molar-refractivity contribution in [3.05, 3.63) is 99.0 Å². The predicted molar refractivity (Wildman–Crippen MR) is 162 cm³/mol. The largest absolute Gasteiger partial charge is 0.352 e. The van der Waals surface area contributed by atoms with Gasteiger partial charge in [0.25, 0.3) is 0 Å². The zero-order chi connectivity index (χ0) is 29.4. The second-order valence-corrected chi connectivity index (χ2v) is 12.7. The fourth-order valence-corrected chi connectivity index (χ4v) is 5.74. The van der Waals surface area contributed by atoms with E-state index in [0.717, 1.165) is 16.1 Å². The van der Waals surface area contributed by atoms with Crippen LogP contribution in [-0.4, -0.2) is 50.0 Å². The minimum absolute atomic E-state index is 0.0246. The standard InChI is InChI=1S/C29H32Cl3N3O4S/c1-4-20(2)33-29(37)27(16-21-9-6-5-7-10-21)34(18-22-11-8-12-23(30)15-22)28(36)19-35(40(3,38)39)26-14-13-24(31)17-25(26)32/h5-15,17,20,27H,4,16,18-19H2,1-3H3,(H,33,37)/t20-,27-/m1/s1. The third-order valence-corrected chi connectivity index (χ3v) is 8.27. The molecule has 0 spiro atoms. The summed E-state index contributed by atoms with van der Waals surface area (Å²) in [6, 6.07) is 19.6. The van der Waals surface area contributed by atoms with Crippen molar-refractivity contribution >= 4 is 62.3 Å². The average molecular weight is 625 g/mol. The van der Waals surface area contributed by atoms with Crippen LogP contribution in [0.1, 0.15) is 31.4 Å². The van der Waals surface area contributed by atoms with Crippen LogP contribution in [0.15, 0.2) is 72.8 Å². The summed E-state index contributed by atoms with van der Waals surface area (Å²) >= 11 is 18.6. The van der Waals surface area contributed by atoms with Gasteiger partial charge < -0.3 is 10.2 Å². The van der Waals surface area contributed by atoms with Crippen molar-refractivity contribution in [1.29, 1.82) is 0 Å². The Morgan fingerprint density at radius 2 is 1.55 bits per heavy atom. The minimum Gasteiger partial charge on any atom is -0.352 e. The molecule has 7 nitrogen and oxygen atoms in total. The van der Waals surface area contributed by atoms with E-state index in [1.165, 1.54) is 23.1 Å². The molecular weight excluding hydrogens is 593 g/mol. The van der Waals surface area contributed by atoms with Crippen LogP contribution in [0.3, 0.4) is 0 Å². The average Bonchev–Trinajstić information content (AvgIpc) is 2.89. The number of amides is 2. The smallest absolute Gasteiger partial charge is 0.244 e. The van der Waals surface area contributed by atoms with E-state index in [0.29, 0.717) is 22.0 Å². The fourth-order valence-electron chi connectivity index (χ4n) is 4.11. The van der Waals surface area contributed by atoms with Crippen LogP contribution < -0.4 is 9.62 Å². The van der Waals surface area contributed by atoms with Gasteiger partial charge in [-0.25, -0.2) is 8.42 Å². The van der Waals surface area contributed by atoms with Gasteiger partial charge in [0.1, 0.15) is 12.6 Å². The van der Waals surface area contributed by atoms with E-state index in [1.807, 2.05) is 44.2 Å². The number of nitrogens with zero attached hydrogens (tertiary/aromatic N) is 2. The maximum atomic E-state index is 14.1. The fraction of sp³-hybridized carbons (Fsp3) is 0.310. The van der Waals surface area contributed by atoms with Crippen molar-refractivity contribution in [3.63, 3.8) is 0 Å². The molecule has 0 aromatic heterocycles. The number of anilines is 1. The monoisotopic (exact) mass is 623 g/mol. The number of carbonyl (C=O) groups excluding carboxylic acids is 2. The maximum Gasteiger partial charge on any atom is 0.244 e. The molecule has 0 unspecified atom stereocenters. The highest BCUT2D eigenvalue weighted by atomic mass is 35.5. The van der Waals surface area contributed by atoms with Gasteiger partial charge in [-0.2, -0.15) is 0 Å². The van der Waals surface area contributed by atoms with Crippen molar-refractivity contribution in [1.82, 2.24) is 10.2 Å². The van der Waals surface area contributed by atoms with Gasteiger partial charge in [0.15, 0.2) is 0 Å². The summed E-state index contributed by atoms with van der Waals surface area (Å²) in [5.74, 6) is -0.930. The molecule has 0 radical (unpaired) electrons. The molecule has 1 N–H and O–H groups in total. The zero-order valence-electron chi connectivity index (χ0n) is 22.5. The van der Waals surface area contributed by atoms with E-state index in [1.54, 1.807) is 24.3 Å². The van der Waals surface area contributed by atoms with E-state index in [4.69, 9.17) is 34.8 Å². The Kier molecular flexibility index (Phi) is 11.3. The molecule has 0 aliphatic rings. The molecule has 0 bridgehead atoms. The summed E-state index contributed by atoms with van der Waals surface area (Å²) in [7, 11) is -3.95. The van der Waals surface area contributed by atoms with Gasteiger partial charge in [-0.3, -0.25) is 13.9 Å². The van der Waals surface area contributed by atoms with Gasteiger partial charge in [-0.05, 0) is 54.8 Å². The first kappa shape index (κ1) is 31.7. The molecule has 214 valence electrons. The molecule has 2 amide bonds. The molecule has 0 saturated carbocycles. The molecular formula is C29H32Cl3N3O4S. The number of hydrogen-bond acceptors (Lipinski definition) is 4. The number of hydrogen-bond donors (Lipinski definition) is 1. The summed E-state index contributed by atoms with van der Waals surface area (Å²) in [5, 5.41) is 3.85. The molecule has 3 aromatic carbocycles. The van der Waals surface area contributed by atoms with Crippen LogP contribution in [0, 0.1) is 0 Å². The maximum absolute atomic E-state index is 14.1. The minimum atomic E-state index is -3.95. The van der Waals surface area contributed by atoms with Crippen molar-refractivity contribution < 1.29 is 18.0 Å². The van der Waals surface area contributed by atoms with E-state index in [-0.39, 0.29) is 35.6 Å². The van der Waals surface area contributed by atoms with Crippen molar-refractivity contribution in [2.24, 2.45) is 0 Å². The predicted octanol–water partition coefficient (Wildman–Crippen LogP) is 5.97. The SMILES string of the molecule is CC[C@@H](C)NC(=O)[C@@H](Cc1ccccc1)N(Cc1cccc(Cl)c1)C(=O)CN(c1ccc(Cl)cc1Cl)S(C)(=O)=O. The lowest BCUT2D eigenvalue weighted by atomic mass is 10.0. The van der Waals surface area contributed by atoms with E-state index in [9.17, 15) is 18.0 Å². The lowest BCUT2D eigenvalue weighted by molar-refractivity contribution is -0.140. The van der Waals surface area contributed by atoms with Gasteiger partial charge >= 0.3 is 0 Å². The normalized spacial score (nSPS) is 12.8. The number of halogens is 3. The highest BCUT2D eigenvalue weighted by Gasteiger charge is 2.34. The Balaban J connectivity index is 2.08. The van der Waals surface area contributed by atoms with Crippen molar-refractivity contribution in [2.45, 2.75) is 45.3 Å². The van der Waals surface area contributed by atoms with Gasteiger partial charge in [0.2, 0.25) is 21.8 Å². The van der Waals surface area contributed by atoms with Gasteiger partial charge in [0, 0.05) is 29.1 Å². The molecule has 3 aromatic rings. The molecule has 11 heteroatoms. The Bertz CT molecular complexity index is 1440.